The van der Waals surface area contributed by atoms with Gasteiger partial charge < -0.3 is 9.80 Å². The summed E-state index contributed by atoms with van der Waals surface area (Å²) in [6, 6.07) is 15.5. The van der Waals surface area contributed by atoms with Crippen molar-refractivity contribution in [2.75, 3.05) is 39.0 Å². The number of ketones is 1. The Labute approximate surface area is 157 Å². The van der Waals surface area contributed by atoms with Gasteiger partial charge in [-0.15, -0.1) is 0 Å². The summed E-state index contributed by atoms with van der Waals surface area (Å²) < 4.78 is 13.0. The largest absolute Gasteiger partial charge is 0.340 e. The molecular weight excluding hydrogens is 349 g/mol. The SMILES string of the molecule is C[NH+]1CCN(C(=Nc2ccccc2)SCC(=O)c2ccc(F)cc2)CC1. The van der Waals surface area contributed by atoms with Gasteiger partial charge >= 0.3 is 0 Å². The maximum atomic E-state index is 13.0. The molecule has 0 saturated carbocycles. The Morgan fingerprint density at radius 2 is 1.77 bits per heavy atom. The minimum Gasteiger partial charge on any atom is -0.340 e. The number of nitrogens with one attached hydrogen (secondary N) is 1. The van der Waals surface area contributed by atoms with E-state index in [2.05, 4.69) is 11.9 Å². The Morgan fingerprint density at radius 3 is 2.42 bits per heavy atom. The highest BCUT2D eigenvalue weighted by Crippen LogP contribution is 2.19. The average Bonchev–Trinajstić information content (AvgIpc) is 2.67. The molecule has 0 radical (unpaired) electrons. The van der Waals surface area contributed by atoms with E-state index in [0.717, 1.165) is 37.0 Å². The second kappa shape index (κ2) is 8.96. The van der Waals surface area contributed by atoms with Gasteiger partial charge in [0.25, 0.3) is 0 Å². The van der Waals surface area contributed by atoms with Crippen molar-refractivity contribution in [2.24, 2.45) is 4.99 Å². The molecule has 2 aromatic carbocycles. The topological polar surface area (TPSA) is 37.1 Å². The Kier molecular flexibility index (Phi) is 6.41. The second-order valence-electron chi connectivity index (χ2n) is 6.39. The summed E-state index contributed by atoms with van der Waals surface area (Å²) in [5.74, 6) is -0.0628. The number of carbonyl (C=O) groups is 1. The van der Waals surface area contributed by atoms with Crippen LogP contribution in [0.25, 0.3) is 0 Å². The van der Waals surface area contributed by atoms with Gasteiger partial charge in [-0.2, -0.15) is 0 Å². The van der Waals surface area contributed by atoms with Gasteiger partial charge in [0, 0.05) is 5.56 Å². The van der Waals surface area contributed by atoms with Gasteiger partial charge in [0.15, 0.2) is 11.0 Å². The van der Waals surface area contributed by atoms with E-state index in [9.17, 15) is 9.18 Å². The summed E-state index contributed by atoms with van der Waals surface area (Å²) in [5, 5.41) is 0.874. The summed E-state index contributed by atoms with van der Waals surface area (Å²) in [5.41, 5.74) is 1.41. The van der Waals surface area contributed by atoms with Gasteiger partial charge in [0.05, 0.1) is 44.7 Å². The van der Waals surface area contributed by atoms with E-state index in [1.165, 1.54) is 40.9 Å². The van der Waals surface area contributed by atoms with E-state index >= 15 is 0 Å². The van der Waals surface area contributed by atoms with Crippen LogP contribution < -0.4 is 4.90 Å². The van der Waals surface area contributed by atoms with E-state index < -0.39 is 0 Å². The fourth-order valence-corrected chi connectivity index (χ4v) is 3.70. The summed E-state index contributed by atoms with van der Waals surface area (Å²) in [6.07, 6.45) is 0. The number of nitrogens with zero attached hydrogens (tertiary/aromatic N) is 2. The molecule has 0 aromatic heterocycles. The monoisotopic (exact) mass is 372 g/mol. The maximum Gasteiger partial charge on any atom is 0.173 e. The number of aliphatic imine (C=N–C) groups is 1. The molecule has 3 rings (SSSR count). The van der Waals surface area contributed by atoms with Gasteiger partial charge in [-0.05, 0) is 36.4 Å². The second-order valence-corrected chi connectivity index (χ2v) is 7.34. The van der Waals surface area contributed by atoms with Gasteiger partial charge in [-0.1, -0.05) is 30.0 Å². The molecule has 2 aromatic rings. The molecule has 136 valence electrons. The first-order valence-corrected chi connectivity index (χ1v) is 9.72. The molecule has 6 heteroatoms. The standard InChI is InChI=1S/C20H22FN3OS/c1-23-11-13-24(14-12-23)20(22-18-5-3-2-4-6-18)26-15-19(25)16-7-9-17(21)10-8-16/h2-10H,11-15H2,1H3/p+1. The molecule has 4 nitrogen and oxygen atoms in total. The normalized spacial score (nSPS) is 15.9. The number of carbonyl (C=O) groups excluding carboxylic acids is 1. The molecule has 0 aliphatic carbocycles. The number of amidine groups is 1. The first-order valence-electron chi connectivity index (χ1n) is 8.73. The highest BCUT2D eigenvalue weighted by Gasteiger charge is 2.21. The lowest BCUT2D eigenvalue weighted by Crippen LogP contribution is -3.12. The predicted octanol–water partition coefficient (Wildman–Crippen LogP) is 2.26. The lowest BCUT2D eigenvalue weighted by molar-refractivity contribution is -0.883. The first-order chi connectivity index (χ1) is 12.6. The highest BCUT2D eigenvalue weighted by atomic mass is 32.2. The quantitative estimate of drug-likeness (QED) is 0.508. The molecule has 26 heavy (non-hydrogen) atoms. The van der Waals surface area contributed by atoms with Crippen LogP contribution in [0.3, 0.4) is 0 Å². The lowest BCUT2D eigenvalue weighted by Gasteiger charge is -2.32. The average molecular weight is 372 g/mol. The fourth-order valence-electron chi connectivity index (χ4n) is 2.74. The molecule has 1 N–H and O–H groups in total. The van der Waals surface area contributed by atoms with Crippen LogP contribution in [-0.4, -0.2) is 54.8 Å². The van der Waals surface area contributed by atoms with Gasteiger partial charge in [0.1, 0.15) is 5.82 Å². The molecule has 0 bridgehead atoms. The minimum absolute atomic E-state index is 0.0180. The molecule has 0 atom stereocenters. The first kappa shape index (κ1) is 18.6. The van der Waals surface area contributed by atoms with Crippen molar-refractivity contribution in [3.8, 4) is 0 Å². The summed E-state index contributed by atoms with van der Waals surface area (Å²) in [6.45, 7) is 3.96. The zero-order valence-electron chi connectivity index (χ0n) is 14.8. The number of halogens is 1. The van der Waals surface area contributed by atoms with Gasteiger partial charge in [-0.25, -0.2) is 9.38 Å². The van der Waals surface area contributed by atoms with Crippen LogP contribution in [-0.2, 0) is 0 Å². The van der Waals surface area contributed by atoms with Crippen molar-refractivity contribution >= 4 is 28.4 Å². The number of thioether (sulfide) groups is 1. The number of hydrogen-bond donors (Lipinski definition) is 1. The number of Topliss-reactive ketones (excluding diaryl/α,β-unsaturated/α-hetero) is 1. The highest BCUT2D eigenvalue weighted by molar-refractivity contribution is 8.14. The van der Waals surface area contributed by atoms with Crippen LogP contribution in [0.2, 0.25) is 0 Å². The van der Waals surface area contributed by atoms with E-state index in [-0.39, 0.29) is 17.4 Å². The third-order valence-electron chi connectivity index (χ3n) is 4.37. The Morgan fingerprint density at radius 1 is 1.12 bits per heavy atom. The number of benzene rings is 2. The Bertz CT molecular complexity index is 756. The van der Waals surface area contributed by atoms with Crippen LogP contribution in [0.4, 0.5) is 10.1 Å². The number of likely N-dealkylation sites (N-methyl/N-ethyl adjacent to an activating group) is 1. The van der Waals surface area contributed by atoms with Crippen molar-refractivity contribution in [1.29, 1.82) is 0 Å². The molecular formula is C20H23FN3OS+. The van der Waals surface area contributed by atoms with E-state index in [0.29, 0.717) is 5.56 Å². The molecule has 0 amide bonds. The van der Waals surface area contributed by atoms with Crippen LogP contribution >= 0.6 is 11.8 Å². The van der Waals surface area contributed by atoms with Crippen molar-refractivity contribution < 1.29 is 14.1 Å². The molecule has 1 aliphatic rings. The summed E-state index contributed by atoms with van der Waals surface area (Å²) >= 11 is 1.45. The summed E-state index contributed by atoms with van der Waals surface area (Å²) in [7, 11) is 2.19. The molecule has 1 fully saturated rings. The molecule has 0 unspecified atom stereocenters. The van der Waals surface area contributed by atoms with Crippen LogP contribution in [0.1, 0.15) is 10.4 Å². The Balaban J connectivity index is 1.72. The van der Waals surface area contributed by atoms with Gasteiger partial charge in [-0.3, -0.25) is 4.79 Å². The number of rotatable bonds is 4. The smallest absolute Gasteiger partial charge is 0.173 e. The fraction of sp³-hybridized carbons (Fsp3) is 0.300. The predicted molar refractivity (Wildman–Crippen MR) is 105 cm³/mol. The van der Waals surface area contributed by atoms with E-state index in [1.54, 1.807) is 0 Å². The molecule has 1 heterocycles. The van der Waals surface area contributed by atoms with E-state index in [4.69, 9.17) is 4.99 Å². The zero-order chi connectivity index (χ0) is 18.4. The van der Waals surface area contributed by atoms with Gasteiger partial charge in [0.2, 0.25) is 0 Å². The van der Waals surface area contributed by atoms with Crippen LogP contribution in [0.15, 0.2) is 59.6 Å². The van der Waals surface area contributed by atoms with Crippen LogP contribution in [0.5, 0.6) is 0 Å². The number of para-hydroxylation sites is 1. The third kappa shape index (κ3) is 5.16. The van der Waals surface area contributed by atoms with Crippen molar-refractivity contribution in [3.63, 3.8) is 0 Å². The van der Waals surface area contributed by atoms with Crippen molar-refractivity contribution in [2.45, 2.75) is 0 Å². The van der Waals surface area contributed by atoms with E-state index in [1.807, 2.05) is 30.3 Å². The van der Waals surface area contributed by atoms with Crippen LogP contribution in [0, 0.1) is 5.82 Å². The number of quaternary nitrogens is 1. The van der Waals surface area contributed by atoms with Crippen molar-refractivity contribution in [3.05, 3.63) is 66.0 Å². The zero-order valence-corrected chi connectivity index (χ0v) is 15.6. The third-order valence-corrected chi connectivity index (χ3v) is 5.38. The number of hydrogen-bond acceptors (Lipinski definition) is 3. The molecule has 1 saturated heterocycles. The maximum absolute atomic E-state index is 13.0. The molecule has 0 spiro atoms. The molecule has 1 aliphatic heterocycles. The Hall–Kier alpha value is -2.18. The summed E-state index contributed by atoms with van der Waals surface area (Å²) in [4.78, 5) is 21.0. The lowest BCUT2D eigenvalue weighted by atomic mass is 10.1. The number of piperazine rings is 1. The minimum atomic E-state index is -0.333. The van der Waals surface area contributed by atoms with Crippen molar-refractivity contribution in [1.82, 2.24) is 4.90 Å².